The predicted molar refractivity (Wildman–Crippen MR) is 116 cm³/mol. The third kappa shape index (κ3) is 3.67. The number of halogens is 2. The summed E-state index contributed by atoms with van der Waals surface area (Å²) in [6.07, 6.45) is 0. The summed E-state index contributed by atoms with van der Waals surface area (Å²) >= 11 is 13.8. The lowest BCUT2D eigenvalue weighted by atomic mass is 10.1. The molecule has 152 valence electrons. The predicted octanol–water partition coefficient (Wildman–Crippen LogP) is 4.00. The maximum absolute atomic E-state index is 12.2. The fourth-order valence-electron chi connectivity index (χ4n) is 3.75. The van der Waals surface area contributed by atoms with Gasteiger partial charge < -0.3 is 14.4 Å². The molecule has 1 fully saturated rings. The molecule has 3 aliphatic heterocycles. The number of thioether (sulfide) groups is 1. The third-order valence-electron chi connectivity index (χ3n) is 5.11. The van der Waals surface area contributed by atoms with E-state index in [-0.39, 0.29) is 30.4 Å². The Kier molecular flexibility index (Phi) is 4.85. The first-order valence-corrected chi connectivity index (χ1v) is 12.5. The first-order chi connectivity index (χ1) is 13.9. The van der Waals surface area contributed by atoms with Crippen molar-refractivity contribution in [2.45, 2.75) is 17.8 Å². The summed E-state index contributed by atoms with van der Waals surface area (Å²) in [4.78, 5) is 6.75. The van der Waals surface area contributed by atoms with Gasteiger partial charge in [0, 0.05) is 27.6 Å². The van der Waals surface area contributed by atoms with Crippen molar-refractivity contribution in [3.8, 4) is 11.5 Å². The number of nitrogens with zero attached hydrogens (tertiary/aromatic N) is 2. The van der Waals surface area contributed by atoms with Crippen LogP contribution in [0.3, 0.4) is 0 Å². The molecule has 0 bridgehead atoms. The molecule has 3 aliphatic rings. The number of benzene rings is 2. The van der Waals surface area contributed by atoms with E-state index < -0.39 is 9.84 Å². The summed E-state index contributed by atoms with van der Waals surface area (Å²) in [6, 6.07) is 10.5. The molecular weight excluding hydrogens is 455 g/mol. The molecule has 6 nitrogen and oxygen atoms in total. The molecule has 0 amide bonds. The second-order valence-electron chi connectivity index (χ2n) is 7.06. The van der Waals surface area contributed by atoms with E-state index in [9.17, 15) is 8.42 Å². The van der Waals surface area contributed by atoms with Gasteiger partial charge in [-0.25, -0.2) is 8.42 Å². The second-order valence-corrected chi connectivity index (χ2v) is 11.0. The van der Waals surface area contributed by atoms with Gasteiger partial charge in [-0.2, -0.15) is 0 Å². The van der Waals surface area contributed by atoms with Crippen molar-refractivity contribution in [1.82, 2.24) is 0 Å². The van der Waals surface area contributed by atoms with E-state index in [0.29, 0.717) is 27.3 Å². The van der Waals surface area contributed by atoms with Crippen molar-refractivity contribution in [2.75, 3.05) is 23.2 Å². The number of amidine groups is 1. The molecule has 2 aromatic rings. The minimum atomic E-state index is -3.11. The number of hydrogen-bond acceptors (Lipinski definition) is 7. The molecule has 0 radical (unpaired) electrons. The van der Waals surface area contributed by atoms with E-state index in [4.69, 9.17) is 37.7 Å². The van der Waals surface area contributed by atoms with Gasteiger partial charge in [-0.3, -0.25) is 4.99 Å². The molecule has 0 aliphatic carbocycles. The number of sulfone groups is 1. The molecule has 0 spiro atoms. The fourth-order valence-corrected chi connectivity index (χ4v) is 7.28. The highest BCUT2D eigenvalue weighted by atomic mass is 35.5. The van der Waals surface area contributed by atoms with Crippen molar-refractivity contribution in [3.05, 3.63) is 52.0 Å². The Balaban J connectivity index is 1.45. The molecular formula is C19H16Cl2N2O4S2. The third-order valence-corrected chi connectivity index (χ3v) is 8.42. The lowest BCUT2D eigenvalue weighted by Gasteiger charge is -2.26. The Labute approximate surface area is 182 Å². The van der Waals surface area contributed by atoms with Gasteiger partial charge in [-0.1, -0.05) is 41.0 Å². The van der Waals surface area contributed by atoms with Crippen LogP contribution in [0.1, 0.15) is 5.56 Å². The Hall–Kier alpha value is -1.61. The van der Waals surface area contributed by atoms with Crippen molar-refractivity contribution in [3.63, 3.8) is 0 Å². The number of anilines is 1. The van der Waals surface area contributed by atoms with Crippen LogP contribution < -0.4 is 14.4 Å². The minimum absolute atomic E-state index is 0.0739. The largest absolute Gasteiger partial charge is 0.454 e. The van der Waals surface area contributed by atoms with Gasteiger partial charge in [-0.05, 0) is 29.8 Å². The maximum atomic E-state index is 12.2. The Morgan fingerprint density at radius 2 is 1.93 bits per heavy atom. The molecule has 1 saturated heterocycles. The molecule has 0 saturated carbocycles. The standard InChI is InChI=1S/C19H16Cl2N2O4S2/c20-12-2-1-11(14(21)5-12)7-28-19-22-15-8-29(24,25)9-16(15)23(19)13-3-4-17-18(6-13)27-10-26-17/h1-6,15-16H,7-10H2/t15-,16-/m1/s1. The SMILES string of the molecule is O=S1(=O)C[C@@H]2[C@@H](C1)N=C(SCc1ccc(Cl)cc1Cl)N2c1ccc2c(c1)OCO2. The summed E-state index contributed by atoms with van der Waals surface area (Å²) in [7, 11) is -3.11. The van der Waals surface area contributed by atoms with E-state index >= 15 is 0 Å². The normalized spacial score (nSPS) is 23.9. The van der Waals surface area contributed by atoms with Crippen LogP contribution in [-0.2, 0) is 15.6 Å². The summed E-state index contributed by atoms with van der Waals surface area (Å²) in [5.74, 6) is 2.09. The number of ether oxygens (including phenoxy) is 2. The highest BCUT2D eigenvalue weighted by molar-refractivity contribution is 8.13. The van der Waals surface area contributed by atoms with Crippen LogP contribution in [0.4, 0.5) is 5.69 Å². The van der Waals surface area contributed by atoms with Gasteiger partial charge in [0.1, 0.15) is 0 Å². The van der Waals surface area contributed by atoms with Crippen molar-refractivity contribution < 1.29 is 17.9 Å². The van der Waals surface area contributed by atoms with Crippen LogP contribution in [0, 0.1) is 0 Å². The van der Waals surface area contributed by atoms with Gasteiger partial charge in [0.25, 0.3) is 0 Å². The van der Waals surface area contributed by atoms with E-state index in [2.05, 4.69) is 0 Å². The van der Waals surface area contributed by atoms with Gasteiger partial charge in [0.05, 0.1) is 23.6 Å². The molecule has 0 aromatic heterocycles. The monoisotopic (exact) mass is 470 g/mol. The molecule has 10 heteroatoms. The van der Waals surface area contributed by atoms with E-state index in [0.717, 1.165) is 16.4 Å². The van der Waals surface area contributed by atoms with Crippen LogP contribution in [0.25, 0.3) is 0 Å². The van der Waals surface area contributed by atoms with Gasteiger partial charge in [0.2, 0.25) is 6.79 Å². The van der Waals surface area contributed by atoms with Gasteiger partial charge in [-0.15, -0.1) is 0 Å². The summed E-state index contributed by atoms with van der Waals surface area (Å²) < 4.78 is 35.3. The molecule has 2 aromatic carbocycles. The average Bonchev–Trinajstić information content (AvgIpc) is 3.32. The molecule has 5 rings (SSSR count). The summed E-state index contributed by atoms with van der Waals surface area (Å²) in [6.45, 7) is 0.185. The number of fused-ring (bicyclic) bond motifs is 2. The summed E-state index contributed by atoms with van der Waals surface area (Å²) in [5, 5.41) is 1.96. The van der Waals surface area contributed by atoms with Crippen molar-refractivity contribution in [1.29, 1.82) is 0 Å². The Morgan fingerprint density at radius 3 is 2.76 bits per heavy atom. The zero-order valence-corrected chi connectivity index (χ0v) is 18.2. The average molecular weight is 471 g/mol. The number of rotatable bonds is 3. The Morgan fingerprint density at radius 1 is 1.10 bits per heavy atom. The molecule has 2 atom stereocenters. The minimum Gasteiger partial charge on any atom is -0.454 e. The topological polar surface area (TPSA) is 68.2 Å². The molecule has 3 heterocycles. The first-order valence-electron chi connectivity index (χ1n) is 8.93. The number of aliphatic imine (C=N–C) groups is 1. The van der Waals surface area contributed by atoms with Crippen molar-refractivity contribution >= 4 is 55.7 Å². The van der Waals surface area contributed by atoms with Gasteiger partial charge in [0.15, 0.2) is 26.5 Å². The highest BCUT2D eigenvalue weighted by Crippen LogP contribution is 2.41. The molecule has 0 N–H and O–H groups in total. The van der Waals surface area contributed by atoms with E-state index in [1.54, 1.807) is 12.1 Å². The zero-order chi connectivity index (χ0) is 20.2. The lowest BCUT2D eigenvalue weighted by molar-refractivity contribution is 0.174. The van der Waals surface area contributed by atoms with Crippen molar-refractivity contribution in [2.24, 2.45) is 4.99 Å². The number of hydrogen-bond donors (Lipinski definition) is 0. The Bertz CT molecular complexity index is 1120. The van der Waals surface area contributed by atoms with Crippen LogP contribution in [0.15, 0.2) is 41.4 Å². The maximum Gasteiger partial charge on any atom is 0.231 e. The molecule has 0 unspecified atom stereocenters. The summed E-state index contributed by atoms with van der Waals surface area (Å²) in [5.41, 5.74) is 1.78. The van der Waals surface area contributed by atoms with Crippen LogP contribution >= 0.6 is 35.0 Å². The van der Waals surface area contributed by atoms with Crippen LogP contribution in [0.2, 0.25) is 10.0 Å². The van der Waals surface area contributed by atoms with Gasteiger partial charge >= 0.3 is 0 Å². The first kappa shape index (κ1) is 19.4. The molecule has 29 heavy (non-hydrogen) atoms. The fraction of sp³-hybridized carbons (Fsp3) is 0.316. The lowest BCUT2D eigenvalue weighted by Crippen LogP contribution is -2.39. The second kappa shape index (κ2) is 7.27. The zero-order valence-electron chi connectivity index (χ0n) is 15.0. The smallest absolute Gasteiger partial charge is 0.231 e. The van der Waals surface area contributed by atoms with E-state index in [1.165, 1.54) is 11.8 Å². The quantitative estimate of drug-likeness (QED) is 0.675. The van der Waals surface area contributed by atoms with Crippen LogP contribution in [0.5, 0.6) is 11.5 Å². The van der Waals surface area contributed by atoms with E-state index in [1.807, 2.05) is 29.2 Å². The highest BCUT2D eigenvalue weighted by Gasteiger charge is 2.47. The van der Waals surface area contributed by atoms with Crippen LogP contribution in [-0.4, -0.2) is 44.0 Å².